The molecule has 30 heavy (non-hydrogen) atoms. The van der Waals surface area contributed by atoms with Crippen LogP contribution >= 0.6 is 0 Å². The van der Waals surface area contributed by atoms with Crippen LogP contribution in [-0.4, -0.2) is 42.2 Å². The molecule has 0 unspecified atom stereocenters. The molecular weight excluding hydrogens is 406 g/mol. The minimum absolute atomic E-state index is 0.0524. The standard InChI is InChI=1S/C20H27N5O4S/c1-12-22-19(24-15-8-14(18(26)9-15)11-29-30(21,27)28)10-20(23-12)25-17-7-6-13-4-2-3-5-16(13)17/h2-5,10,14-15,17-18,26H,6-9,11H2,1H3,(H2,21,27,28)(H2,22,23,24,25)/t14-,15-,17+,18+/m1/s1. The van der Waals surface area contributed by atoms with Crippen molar-refractivity contribution in [2.45, 2.75) is 50.8 Å². The van der Waals surface area contributed by atoms with Crippen LogP contribution in [0.15, 0.2) is 30.3 Å². The van der Waals surface area contributed by atoms with Gasteiger partial charge in [-0.15, -0.1) is 0 Å². The summed E-state index contributed by atoms with van der Waals surface area (Å²) >= 11 is 0. The zero-order valence-electron chi connectivity index (χ0n) is 16.8. The zero-order valence-corrected chi connectivity index (χ0v) is 17.6. The van der Waals surface area contributed by atoms with Gasteiger partial charge in [0.2, 0.25) is 0 Å². The van der Waals surface area contributed by atoms with Gasteiger partial charge in [0, 0.05) is 18.0 Å². The quantitative estimate of drug-likeness (QED) is 0.517. The van der Waals surface area contributed by atoms with Gasteiger partial charge >= 0.3 is 10.3 Å². The van der Waals surface area contributed by atoms with Crippen LogP contribution in [0.3, 0.4) is 0 Å². The van der Waals surface area contributed by atoms with Gasteiger partial charge in [0.05, 0.1) is 18.8 Å². The number of aliphatic hydroxyl groups excluding tert-OH is 1. The summed E-state index contributed by atoms with van der Waals surface area (Å²) in [5.41, 5.74) is 2.67. The van der Waals surface area contributed by atoms with E-state index in [1.54, 1.807) is 0 Å². The number of rotatable bonds is 7. The minimum atomic E-state index is -4.02. The van der Waals surface area contributed by atoms with E-state index in [9.17, 15) is 13.5 Å². The van der Waals surface area contributed by atoms with Crippen molar-refractivity contribution in [2.24, 2.45) is 11.1 Å². The predicted octanol–water partition coefficient (Wildman–Crippen LogP) is 1.66. The van der Waals surface area contributed by atoms with E-state index in [-0.39, 0.29) is 24.6 Å². The molecule has 0 radical (unpaired) electrons. The summed E-state index contributed by atoms with van der Waals surface area (Å²) in [5, 5.41) is 22.0. The highest BCUT2D eigenvalue weighted by molar-refractivity contribution is 7.84. The number of hydrogen-bond acceptors (Lipinski definition) is 8. The lowest BCUT2D eigenvalue weighted by Gasteiger charge is -2.18. The molecule has 0 bridgehead atoms. The van der Waals surface area contributed by atoms with Crippen LogP contribution in [0.2, 0.25) is 0 Å². The van der Waals surface area contributed by atoms with E-state index in [1.165, 1.54) is 11.1 Å². The highest BCUT2D eigenvalue weighted by Crippen LogP contribution is 2.34. The summed E-state index contributed by atoms with van der Waals surface area (Å²) in [6, 6.07) is 10.5. The van der Waals surface area contributed by atoms with Crippen LogP contribution in [0.5, 0.6) is 0 Å². The molecule has 10 heteroatoms. The molecule has 0 amide bonds. The van der Waals surface area contributed by atoms with Crippen molar-refractivity contribution in [2.75, 3.05) is 17.2 Å². The first-order chi connectivity index (χ1) is 14.3. The molecule has 1 aromatic carbocycles. The van der Waals surface area contributed by atoms with E-state index in [1.807, 2.05) is 13.0 Å². The summed E-state index contributed by atoms with van der Waals surface area (Å²) in [6.45, 7) is 1.71. The highest BCUT2D eigenvalue weighted by Gasteiger charge is 2.34. The number of nitrogens with one attached hydrogen (secondary N) is 2. The number of fused-ring (bicyclic) bond motifs is 1. The molecule has 1 saturated carbocycles. The van der Waals surface area contributed by atoms with Gasteiger partial charge in [0.1, 0.15) is 17.5 Å². The molecule has 1 fully saturated rings. The molecule has 9 nitrogen and oxygen atoms in total. The lowest BCUT2D eigenvalue weighted by molar-refractivity contribution is 0.101. The number of nitrogens with two attached hydrogens (primary N) is 1. The highest BCUT2D eigenvalue weighted by atomic mass is 32.2. The fraction of sp³-hybridized carbons (Fsp3) is 0.500. The second-order valence-corrected chi connectivity index (χ2v) is 9.26. The molecule has 0 spiro atoms. The fourth-order valence-electron chi connectivity index (χ4n) is 4.39. The van der Waals surface area contributed by atoms with E-state index < -0.39 is 16.4 Å². The maximum atomic E-state index is 11.0. The monoisotopic (exact) mass is 433 g/mol. The predicted molar refractivity (Wildman–Crippen MR) is 113 cm³/mol. The third kappa shape index (κ3) is 5.07. The molecule has 162 valence electrons. The maximum absolute atomic E-state index is 11.0. The summed E-state index contributed by atoms with van der Waals surface area (Å²) < 4.78 is 26.6. The number of aliphatic hydroxyl groups is 1. The molecule has 0 aliphatic heterocycles. The van der Waals surface area contributed by atoms with Crippen LogP contribution in [0.1, 0.15) is 42.3 Å². The molecule has 1 aromatic heterocycles. The summed E-state index contributed by atoms with van der Waals surface area (Å²) in [4.78, 5) is 8.98. The van der Waals surface area contributed by atoms with Gasteiger partial charge in [-0.05, 0) is 43.7 Å². The third-order valence-corrected chi connectivity index (χ3v) is 6.21. The van der Waals surface area contributed by atoms with Crippen molar-refractivity contribution in [3.05, 3.63) is 47.3 Å². The summed E-state index contributed by atoms with van der Waals surface area (Å²) in [5.74, 6) is 1.75. The first-order valence-electron chi connectivity index (χ1n) is 10.1. The van der Waals surface area contributed by atoms with Gasteiger partial charge < -0.3 is 15.7 Å². The molecular formula is C20H27N5O4S. The van der Waals surface area contributed by atoms with E-state index in [0.717, 1.165) is 18.7 Å². The Hall–Kier alpha value is -2.27. The van der Waals surface area contributed by atoms with Crippen molar-refractivity contribution in [3.63, 3.8) is 0 Å². The van der Waals surface area contributed by atoms with E-state index in [0.29, 0.717) is 24.5 Å². The van der Waals surface area contributed by atoms with Gasteiger partial charge in [0.25, 0.3) is 0 Å². The van der Waals surface area contributed by atoms with Crippen LogP contribution in [-0.2, 0) is 20.9 Å². The summed E-state index contributed by atoms with van der Waals surface area (Å²) in [6.07, 6.45) is 2.43. The molecule has 4 atom stereocenters. The number of nitrogens with zero attached hydrogens (tertiary/aromatic N) is 2. The fourth-order valence-corrected chi connectivity index (χ4v) is 4.76. The number of aryl methyl sites for hydroxylation is 2. The first-order valence-corrected chi connectivity index (χ1v) is 11.6. The Balaban J connectivity index is 1.40. The second kappa shape index (κ2) is 8.46. The number of aromatic nitrogens is 2. The van der Waals surface area contributed by atoms with Gasteiger partial charge in [0.15, 0.2) is 0 Å². The van der Waals surface area contributed by atoms with Crippen LogP contribution < -0.4 is 15.8 Å². The molecule has 2 aliphatic rings. The molecule has 5 N–H and O–H groups in total. The van der Waals surface area contributed by atoms with Crippen LogP contribution in [0, 0.1) is 12.8 Å². The van der Waals surface area contributed by atoms with E-state index in [4.69, 9.17) is 5.14 Å². The SMILES string of the molecule is Cc1nc(N[C@@H]2C[C@H](COS(N)(=O)=O)[C@@H](O)C2)cc(N[C@H]2CCc3ccccc32)n1. The third-order valence-electron chi connectivity index (χ3n) is 5.75. The lowest BCUT2D eigenvalue weighted by atomic mass is 10.1. The Morgan fingerprint density at radius 3 is 2.70 bits per heavy atom. The maximum Gasteiger partial charge on any atom is 0.333 e. The van der Waals surface area contributed by atoms with Crippen molar-refractivity contribution < 1.29 is 17.7 Å². The zero-order chi connectivity index (χ0) is 21.3. The molecule has 2 aliphatic carbocycles. The van der Waals surface area contributed by atoms with E-state index in [2.05, 4.69) is 49.1 Å². The summed E-state index contributed by atoms with van der Waals surface area (Å²) in [7, 11) is -4.02. The van der Waals surface area contributed by atoms with Gasteiger partial charge in [-0.1, -0.05) is 24.3 Å². The lowest BCUT2D eigenvalue weighted by Crippen LogP contribution is -2.24. The normalized spacial score (nSPS) is 25.8. The molecule has 0 saturated heterocycles. The Bertz CT molecular complexity index is 1020. The van der Waals surface area contributed by atoms with Crippen LogP contribution in [0.25, 0.3) is 0 Å². The minimum Gasteiger partial charge on any atom is -0.393 e. The first kappa shape index (κ1) is 21.0. The van der Waals surface area contributed by atoms with Crippen molar-refractivity contribution in [3.8, 4) is 0 Å². The number of benzene rings is 1. The molecule has 4 rings (SSSR count). The van der Waals surface area contributed by atoms with Crippen LogP contribution in [0.4, 0.5) is 11.6 Å². The van der Waals surface area contributed by atoms with E-state index >= 15 is 0 Å². The molecule has 1 heterocycles. The number of anilines is 2. The van der Waals surface area contributed by atoms with Crippen molar-refractivity contribution in [1.82, 2.24) is 9.97 Å². The largest absolute Gasteiger partial charge is 0.393 e. The smallest absolute Gasteiger partial charge is 0.333 e. The van der Waals surface area contributed by atoms with Gasteiger partial charge in [-0.2, -0.15) is 8.42 Å². The van der Waals surface area contributed by atoms with Crippen molar-refractivity contribution in [1.29, 1.82) is 0 Å². The number of hydrogen-bond donors (Lipinski definition) is 4. The van der Waals surface area contributed by atoms with Crippen molar-refractivity contribution >= 4 is 21.9 Å². The Morgan fingerprint density at radius 1 is 1.20 bits per heavy atom. The molecule has 2 aromatic rings. The Labute approximate surface area is 176 Å². The van der Waals surface area contributed by atoms with Gasteiger partial charge in [-0.3, -0.25) is 4.18 Å². The topological polar surface area (TPSA) is 139 Å². The second-order valence-electron chi connectivity index (χ2n) is 8.04. The Kier molecular flexibility index (Phi) is 5.92. The average molecular weight is 434 g/mol. The van der Waals surface area contributed by atoms with Gasteiger partial charge in [-0.25, -0.2) is 15.1 Å². The Morgan fingerprint density at radius 2 is 1.93 bits per heavy atom. The average Bonchev–Trinajstić information content (AvgIpc) is 3.22.